The Morgan fingerprint density at radius 1 is 1.26 bits per heavy atom. The highest BCUT2D eigenvalue weighted by Crippen LogP contribution is 2.52. The van der Waals surface area contributed by atoms with Gasteiger partial charge in [-0.25, -0.2) is 4.79 Å². The van der Waals surface area contributed by atoms with Crippen LogP contribution in [-0.2, 0) is 9.59 Å². The van der Waals surface area contributed by atoms with Crippen molar-refractivity contribution in [2.24, 2.45) is 0 Å². The van der Waals surface area contributed by atoms with E-state index in [9.17, 15) is 14.7 Å². The Hall–Kier alpha value is -1.49. The Balaban J connectivity index is 2.45. The molecule has 0 bridgehead atoms. The van der Waals surface area contributed by atoms with Gasteiger partial charge in [-0.15, -0.1) is 11.8 Å². The maximum absolute atomic E-state index is 11.9. The van der Waals surface area contributed by atoms with Gasteiger partial charge in [0.2, 0.25) is 5.91 Å². The number of benzene rings is 1. The summed E-state index contributed by atoms with van der Waals surface area (Å²) in [4.78, 5) is 24.9. The molecule has 1 aromatic carbocycles. The maximum atomic E-state index is 11.9. The van der Waals surface area contributed by atoms with Crippen LogP contribution in [0.25, 0.3) is 0 Å². The molecule has 0 unspecified atom stereocenters. The van der Waals surface area contributed by atoms with Crippen LogP contribution in [0.1, 0.15) is 31.7 Å². The van der Waals surface area contributed by atoms with E-state index in [1.165, 1.54) is 23.6 Å². The first-order valence-electron chi connectivity index (χ1n) is 6.09. The molecule has 102 valence electrons. The van der Waals surface area contributed by atoms with E-state index in [1.807, 2.05) is 44.2 Å². The zero-order chi connectivity index (χ0) is 14.2. The van der Waals surface area contributed by atoms with Gasteiger partial charge in [-0.3, -0.25) is 4.79 Å². The van der Waals surface area contributed by atoms with Gasteiger partial charge in [0.05, 0.1) is 0 Å². The predicted molar refractivity (Wildman–Crippen MR) is 74.8 cm³/mol. The molecule has 0 aliphatic carbocycles. The molecule has 1 fully saturated rings. The van der Waals surface area contributed by atoms with E-state index in [2.05, 4.69) is 0 Å². The van der Waals surface area contributed by atoms with Gasteiger partial charge in [-0.2, -0.15) is 0 Å². The molecule has 0 saturated carbocycles. The summed E-state index contributed by atoms with van der Waals surface area (Å²) in [5.74, 6) is -1.16. The molecule has 19 heavy (non-hydrogen) atoms. The van der Waals surface area contributed by atoms with Crippen molar-refractivity contribution in [2.75, 3.05) is 0 Å². The van der Waals surface area contributed by atoms with Crippen molar-refractivity contribution >= 4 is 23.6 Å². The number of carbonyl (C=O) groups is 2. The third-order valence-electron chi connectivity index (χ3n) is 3.29. The molecule has 0 aromatic heterocycles. The fraction of sp³-hybridized carbons (Fsp3) is 0.429. The lowest BCUT2D eigenvalue weighted by atomic mass is 10.0. The van der Waals surface area contributed by atoms with Gasteiger partial charge in [0, 0.05) is 11.7 Å². The highest BCUT2D eigenvalue weighted by atomic mass is 32.2. The molecule has 4 nitrogen and oxygen atoms in total. The van der Waals surface area contributed by atoms with Gasteiger partial charge < -0.3 is 10.0 Å². The molecule has 1 heterocycles. The number of aliphatic carboxylic acids is 1. The third kappa shape index (κ3) is 2.47. The summed E-state index contributed by atoms with van der Waals surface area (Å²) < 4.78 is -0.516. The average Bonchev–Trinajstić information content (AvgIpc) is 2.62. The lowest BCUT2D eigenvalue weighted by Crippen LogP contribution is -2.48. The molecule has 5 heteroatoms. The highest BCUT2D eigenvalue weighted by molar-refractivity contribution is 8.01. The number of nitrogens with zero attached hydrogens (tertiary/aromatic N) is 1. The van der Waals surface area contributed by atoms with Crippen LogP contribution >= 0.6 is 11.8 Å². The smallest absolute Gasteiger partial charge is 0.327 e. The van der Waals surface area contributed by atoms with Crippen molar-refractivity contribution in [2.45, 2.75) is 36.9 Å². The first kappa shape index (κ1) is 13.9. The fourth-order valence-electron chi connectivity index (χ4n) is 2.49. The summed E-state index contributed by atoms with van der Waals surface area (Å²) in [5, 5.41) is 9.18. The van der Waals surface area contributed by atoms with E-state index in [-0.39, 0.29) is 11.3 Å². The maximum Gasteiger partial charge on any atom is 0.327 e. The van der Waals surface area contributed by atoms with Crippen LogP contribution in [0.2, 0.25) is 0 Å². The zero-order valence-electron chi connectivity index (χ0n) is 11.2. The summed E-state index contributed by atoms with van der Waals surface area (Å²) in [5.41, 5.74) is 0.958. The molecular formula is C14H17NO3S. The molecule has 2 rings (SSSR count). The summed E-state index contributed by atoms with van der Waals surface area (Å²) >= 11 is 1.52. The number of rotatable bonds is 2. The number of hydrogen-bond acceptors (Lipinski definition) is 3. The normalized spacial score (nSPS) is 25.3. The molecule has 1 saturated heterocycles. The number of amides is 1. The Morgan fingerprint density at radius 2 is 1.84 bits per heavy atom. The van der Waals surface area contributed by atoms with Crippen molar-refractivity contribution in [3.63, 3.8) is 0 Å². The molecule has 1 aliphatic rings. The summed E-state index contributed by atoms with van der Waals surface area (Å²) in [6.45, 7) is 5.17. The predicted octanol–water partition coefficient (Wildman–Crippen LogP) is 2.51. The Labute approximate surface area is 116 Å². The second-order valence-corrected chi connectivity index (χ2v) is 6.89. The van der Waals surface area contributed by atoms with Gasteiger partial charge in [-0.05, 0) is 19.4 Å². The molecular weight excluding hydrogens is 262 g/mol. The Kier molecular flexibility index (Phi) is 3.58. The molecule has 2 atom stereocenters. The van der Waals surface area contributed by atoms with E-state index in [0.717, 1.165) is 5.56 Å². The SMILES string of the molecule is CC(=O)N1[C@H](c2ccccc2)SC(C)(C)[C@H]1C(=O)O. The number of carboxylic acid groups (broad SMARTS) is 1. The van der Waals surface area contributed by atoms with Crippen LogP contribution in [0.4, 0.5) is 0 Å². The van der Waals surface area contributed by atoms with E-state index in [1.54, 1.807) is 0 Å². The largest absolute Gasteiger partial charge is 0.480 e. The van der Waals surface area contributed by atoms with Crippen LogP contribution in [-0.4, -0.2) is 32.7 Å². The molecule has 1 aromatic rings. The summed E-state index contributed by atoms with van der Waals surface area (Å²) in [6, 6.07) is 8.74. The minimum Gasteiger partial charge on any atom is -0.480 e. The number of thioether (sulfide) groups is 1. The van der Waals surface area contributed by atoms with Crippen molar-refractivity contribution in [3.8, 4) is 0 Å². The fourth-order valence-corrected chi connectivity index (χ4v) is 4.08. The quantitative estimate of drug-likeness (QED) is 0.903. The van der Waals surface area contributed by atoms with Crippen molar-refractivity contribution < 1.29 is 14.7 Å². The first-order valence-corrected chi connectivity index (χ1v) is 6.97. The van der Waals surface area contributed by atoms with Crippen molar-refractivity contribution in [3.05, 3.63) is 35.9 Å². The van der Waals surface area contributed by atoms with Gasteiger partial charge >= 0.3 is 5.97 Å². The standard InChI is InChI=1S/C14H17NO3S/c1-9(16)15-11(13(17)18)14(2,3)19-12(15)10-7-5-4-6-8-10/h4-8,11-12H,1-3H3,(H,17,18)/t11-,12+/m1/s1. The minimum absolute atomic E-state index is 0.209. The van der Waals surface area contributed by atoms with Crippen molar-refractivity contribution in [1.29, 1.82) is 0 Å². The number of hydrogen-bond donors (Lipinski definition) is 1. The first-order chi connectivity index (χ1) is 8.84. The van der Waals surface area contributed by atoms with Crippen LogP contribution in [0, 0.1) is 0 Å². The van der Waals surface area contributed by atoms with E-state index in [4.69, 9.17) is 0 Å². The number of carbonyl (C=O) groups excluding carboxylic acids is 1. The number of carboxylic acids is 1. The van der Waals surface area contributed by atoms with Crippen molar-refractivity contribution in [1.82, 2.24) is 4.90 Å². The van der Waals surface area contributed by atoms with Crippen LogP contribution in [0.15, 0.2) is 30.3 Å². The van der Waals surface area contributed by atoms with Crippen LogP contribution < -0.4 is 0 Å². The lowest BCUT2D eigenvalue weighted by Gasteiger charge is -2.28. The molecule has 1 aliphatic heterocycles. The summed E-state index contributed by atoms with van der Waals surface area (Å²) in [6.07, 6.45) is 0. The monoisotopic (exact) mass is 279 g/mol. The van der Waals surface area contributed by atoms with Gasteiger partial charge in [-0.1, -0.05) is 30.3 Å². The Morgan fingerprint density at radius 3 is 2.32 bits per heavy atom. The van der Waals surface area contributed by atoms with E-state index < -0.39 is 16.8 Å². The minimum atomic E-state index is -0.953. The zero-order valence-corrected chi connectivity index (χ0v) is 12.0. The van der Waals surface area contributed by atoms with Gasteiger partial charge in [0.15, 0.2) is 0 Å². The van der Waals surface area contributed by atoms with E-state index >= 15 is 0 Å². The second kappa shape index (κ2) is 4.89. The second-order valence-electron chi connectivity index (χ2n) is 5.15. The average molecular weight is 279 g/mol. The highest BCUT2D eigenvalue weighted by Gasteiger charge is 2.52. The summed E-state index contributed by atoms with van der Waals surface area (Å²) in [7, 11) is 0. The van der Waals surface area contributed by atoms with Crippen LogP contribution in [0.3, 0.4) is 0 Å². The topological polar surface area (TPSA) is 57.6 Å². The van der Waals surface area contributed by atoms with Crippen LogP contribution in [0.5, 0.6) is 0 Å². The van der Waals surface area contributed by atoms with Gasteiger partial charge in [0.25, 0.3) is 0 Å². The molecule has 1 N–H and O–H groups in total. The lowest BCUT2D eigenvalue weighted by molar-refractivity contribution is -0.150. The Bertz CT molecular complexity index is 501. The van der Waals surface area contributed by atoms with Gasteiger partial charge in [0.1, 0.15) is 11.4 Å². The molecule has 1 amide bonds. The molecule has 0 radical (unpaired) electrons. The third-order valence-corrected chi connectivity index (χ3v) is 4.84. The molecule has 0 spiro atoms. The van der Waals surface area contributed by atoms with E-state index in [0.29, 0.717) is 0 Å².